The van der Waals surface area contributed by atoms with Crippen molar-refractivity contribution in [2.75, 3.05) is 7.11 Å². The number of ether oxygens (including phenoxy) is 1. The molecule has 0 N–H and O–H groups in total. The summed E-state index contributed by atoms with van der Waals surface area (Å²) >= 11 is 1.33. The minimum Gasteiger partial charge on any atom is -0.496 e. The zero-order valence-corrected chi connectivity index (χ0v) is 17.1. The molecule has 0 fully saturated rings. The first-order chi connectivity index (χ1) is 13.4. The normalized spacial score (nSPS) is 12.6. The molecule has 0 spiro atoms. The van der Waals surface area contributed by atoms with Crippen molar-refractivity contribution in [1.82, 2.24) is 14.6 Å². The highest BCUT2D eigenvalue weighted by Gasteiger charge is 2.15. The van der Waals surface area contributed by atoms with E-state index in [1.807, 2.05) is 42.5 Å². The molecule has 0 unspecified atom stereocenters. The summed E-state index contributed by atoms with van der Waals surface area (Å²) in [5.41, 5.74) is 2.92. The molecule has 142 valence electrons. The molecule has 0 bridgehead atoms. The molecule has 0 radical (unpaired) electrons. The minimum atomic E-state index is -0.170. The standard InChI is InChI=1S/C22H21N3O2S/c1-22(2,3)16-11-9-14(10-12-16)19-23-21-25(24-19)20(26)18(28-21)13-15-7-5-6-8-17(15)27-4/h5-13H,1-4H3/b18-13-. The van der Waals surface area contributed by atoms with Gasteiger partial charge in [0.15, 0.2) is 5.82 Å². The molecule has 5 nitrogen and oxygen atoms in total. The lowest BCUT2D eigenvalue weighted by Crippen LogP contribution is -2.23. The Morgan fingerprint density at radius 2 is 1.79 bits per heavy atom. The Bertz CT molecular complexity index is 1250. The smallest absolute Gasteiger partial charge is 0.291 e. The van der Waals surface area contributed by atoms with Crippen molar-refractivity contribution < 1.29 is 4.74 Å². The van der Waals surface area contributed by atoms with Gasteiger partial charge in [-0.15, -0.1) is 5.10 Å². The molecule has 2 aromatic carbocycles. The van der Waals surface area contributed by atoms with E-state index in [0.717, 1.165) is 16.9 Å². The average Bonchev–Trinajstić information content (AvgIpc) is 3.21. The lowest BCUT2D eigenvalue weighted by molar-refractivity contribution is 0.414. The van der Waals surface area contributed by atoms with Crippen LogP contribution >= 0.6 is 11.3 Å². The molecule has 4 aromatic rings. The van der Waals surface area contributed by atoms with Gasteiger partial charge in [-0.05, 0) is 23.1 Å². The third-order valence-electron chi connectivity index (χ3n) is 4.62. The maximum Gasteiger partial charge on any atom is 0.291 e. The minimum absolute atomic E-state index is 0.0892. The summed E-state index contributed by atoms with van der Waals surface area (Å²) in [6.45, 7) is 6.53. The Balaban J connectivity index is 1.74. The van der Waals surface area contributed by atoms with Crippen molar-refractivity contribution in [3.8, 4) is 17.1 Å². The number of hydrogen-bond donors (Lipinski definition) is 0. The van der Waals surface area contributed by atoms with Crippen LogP contribution in [0, 0.1) is 0 Å². The van der Waals surface area contributed by atoms with Gasteiger partial charge in [-0.2, -0.15) is 9.50 Å². The Morgan fingerprint density at radius 1 is 1.07 bits per heavy atom. The van der Waals surface area contributed by atoms with Crippen LogP contribution < -0.4 is 14.8 Å². The van der Waals surface area contributed by atoms with Crippen LogP contribution in [0.5, 0.6) is 5.75 Å². The van der Waals surface area contributed by atoms with Gasteiger partial charge in [0.05, 0.1) is 11.6 Å². The van der Waals surface area contributed by atoms with Crippen molar-refractivity contribution in [2.45, 2.75) is 26.2 Å². The Hall–Kier alpha value is -2.99. The van der Waals surface area contributed by atoms with Crippen LogP contribution in [0.25, 0.3) is 22.4 Å². The van der Waals surface area contributed by atoms with Gasteiger partial charge in [-0.1, -0.05) is 74.6 Å². The second-order valence-electron chi connectivity index (χ2n) is 7.61. The third-order valence-corrected chi connectivity index (χ3v) is 5.58. The SMILES string of the molecule is COc1ccccc1/C=c1\sc2nc(-c3ccc(C(C)(C)C)cc3)nn2c1=O. The van der Waals surface area contributed by atoms with E-state index in [9.17, 15) is 4.79 Å². The number of hydrogen-bond acceptors (Lipinski definition) is 5. The zero-order valence-electron chi connectivity index (χ0n) is 16.3. The molecule has 0 aliphatic heterocycles. The number of benzene rings is 2. The first-order valence-corrected chi connectivity index (χ1v) is 9.84. The van der Waals surface area contributed by atoms with Crippen molar-refractivity contribution >= 4 is 22.4 Å². The van der Waals surface area contributed by atoms with Gasteiger partial charge in [-0.25, -0.2) is 0 Å². The van der Waals surface area contributed by atoms with Gasteiger partial charge in [0.2, 0.25) is 4.96 Å². The number of thiazole rings is 1. The molecule has 0 atom stereocenters. The summed E-state index contributed by atoms with van der Waals surface area (Å²) in [6, 6.07) is 15.8. The highest BCUT2D eigenvalue weighted by atomic mass is 32.1. The first-order valence-electron chi connectivity index (χ1n) is 9.02. The second kappa shape index (κ2) is 6.87. The third kappa shape index (κ3) is 3.31. The number of rotatable bonds is 3. The highest BCUT2D eigenvalue weighted by Crippen LogP contribution is 2.25. The molecule has 6 heteroatoms. The van der Waals surface area contributed by atoms with Gasteiger partial charge < -0.3 is 4.74 Å². The zero-order chi connectivity index (χ0) is 19.9. The van der Waals surface area contributed by atoms with Crippen LogP contribution in [-0.4, -0.2) is 21.7 Å². The van der Waals surface area contributed by atoms with E-state index in [2.05, 4.69) is 43.0 Å². The van der Waals surface area contributed by atoms with E-state index < -0.39 is 0 Å². The molecule has 0 aliphatic carbocycles. The van der Waals surface area contributed by atoms with E-state index >= 15 is 0 Å². The molecule has 0 aliphatic rings. The van der Waals surface area contributed by atoms with Crippen LogP contribution in [0.4, 0.5) is 0 Å². The number of para-hydroxylation sites is 1. The molecule has 2 heterocycles. The van der Waals surface area contributed by atoms with Crippen molar-refractivity contribution in [2.24, 2.45) is 0 Å². The Labute approximate surface area is 166 Å². The number of aromatic nitrogens is 3. The summed E-state index contributed by atoms with van der Waals surface area (Å²) in [5, 5.41) is 4.43. The largest absolute Gasteiger partial charge is 0.496 e. The molecule has 28 heavy (non-hydrogen) atoms. The summed E-state index contributed by atoms with van der Waals surface area (Å²) in [4.78, 5) is 17.9. The molecule has 0 saturated heterocycles. The van der Waals surface area contributed by atoms with Crippen molar-refractivity contribution in [3.63, 3.8) is 0 Å². The topological polar surface area (TPSA) is 56.5 Å². The van der Waals surface area contributed by atoms with Gasteiger partial charge in [0.1, 0.15) is 5.75 Å². The lowest BCUT2D eigenvalue weighted by Gasteiger charge is -2.18. The van der Waals surface area contributed by atoms with E-state index in [1.54, 1.807) is 7.11 Å². The molecule has 2 aromatic heterocycles. The van der Waals surface area contributed by atoms with Crippen LogP contribution in [0.3, 0.4) is 0 Å². The second-order valence-corrected chi connectivity index (χ2v) is 8.62. The van der Waals surface area contributed by atoms with Crippen LogP contribution in [0.1, 0.15) is 31.9 Å². The van der Waals surface area contributed by atoms with Crippen molar-refractivity contribution in [3.05, 3.63) is 74.5 Å². The molecule has 0 saturated carbocycles. The van der Waals surface area contributed by atoms with Gasteiger partial charge in [0, 0.05) is 11.1 Å². The van der Waals surface area contributed by atoms with E-state index in [4.69, 9.17) is 4.74 Å². The van der Waals surface area contributed by atoms with Gasteiger partial charge >= 0.3 is 0 Å². The van der Waals surface area contributed by atoms with Crippen molar-refractivity contribution in [1.29, 1.82) is 0 Å². The molecular weight excluding hydrogens is 370 g/mol. The summed E-state index contributed by atoms with van der Waals surface area (Å²) in [5.74, 6) is 1.29. The lowest BCUT2D eigenvalue weighted by atomic mass is 9.87. The van der Waals surface area contributed by atoms with E-state index in [-0.39, 0.29) is 11.0 Å². The monoisotopic (exact) mass is 391 g/mol. The summed E-state index contributed by atoms with van der Waals surface area (Å²) < 4.78 is 7.31. The average molecular weight is 391 g/mol. The first kappa shape index (κ1) is 18.4. The van der Waals surface area contributed by atoms with Crippen LogP contribution in [0.2, 0.25) is 0 Å². The molecule has 4 rings (SSSR count). The fourth-order valence-corrected chi connectivity index (χ4v) is 3.90. The maximum absolute atomic E-state index is 12.8. The number of fused-ring (bicyclic) bond motifs is 1. The van der Waals surface area contributed by atoms with E-state index in [0.29, 0.717) is 15.3 Å². The number of nitrogens with zero attached hydrogens (tertiary/aromatic N) is 3. The predicted octanol–water partition coefficient (Wildman–Crippen LogP) is 3.67. The predicted molar refractivity (Wildman–Crippen MR) is 113 cm³/mol. The molecule has 0 amide bonds. The van der Waals surface area contributed by atoms with Gasteiger partial charge in [0.25, 0.3) is 5.56 Å². The van der Waals surface area contributed by atoms with Crippen LogP contribution in [-0.2, 0) is 5.41 Å². The van der Waals surface area contributed by atoms with Crippen LogP contribution in [0.15, 0.2) is 53.3 Å². The number of methoxy groups -OCH3 is 1. The fourth-order valence-electron chi connectivity index (χ4n) is 3.00. The van der Waals surface area contributed by atoms with Gasteiger partial charge in [-0.3, -0.25) is 4.79 Å². The van der Waals surface area contributed by atoms with E-state index in [1.165, 1.54) is 21.4 Å². The Kier molecular flexibility index (Phi) is 4.51. The fraction of sp³-hybridized carbons (Fsp3) is 0.227. The maximum atomic E-state index is 12.8. The highest BCUT2D eigenvalue weighted by molar-refractivity contribution is 7.15. The summed E-state index contributed by atoms with van der Waals surface area (Å²) in [6.07, 6.45) is 1.82. The molecular formula is C22H21N3O2S. The Morgan fingerprint density at radius 3 is 2.43 bits per heavy atom. The summed E-state index contributed by atoms with van der Waals surface area (Å²) in [7, 11) is 1.62. The quantitative estimate of drug-likeness (QED) is 0.535.